The number of methoxy groups -OCH3 is 1. The number of carbonyl (C=O) groups is 2. The smallest absolute Gasteiger partial charge is 0.373 e. The van der Waals surface area contributed by atoms with E-state index in [2.05, 4.69) is 4.74 Å². The quantitative estimate of drug-likeness (QED) is 0.384. The van der Waals surface area contributed by atoms with Crippen molar-refractivity contribution in [2.45, 2.75) is 6.61 Å². The van der Waals surface area contributed by atoms with Gasteiger partial charge in [-0.1, -0.05) is 30.3 Å². The van der Waals surface area contributed by atoms with Gasteiger partial charge >= 0.3 is 5.97 Å². The lowest BCUT2D eigenvalue weighted by Crippen LogP contribution is -2.07. The second-order valence-electron chi connectivity index (χ2n) is 4.68. The van der Waals surface area contributed by atoms with E-state index >= 15 is 0 Å². The summed E-state index contributed by atoms with van der Waals surface area (Å²) in [5, 5.41) is 9.36. The summed E-state index contributed by atoms with van der Waals surface area (Å²) in [6.45, 7) is 0.428. The predicted molar refractivity (Wildman–Crippen MR) is 84.3 cm³/mol. The first-order valence-electron chi connectivity index (χ1n) is 6.90. The van der Waals surface area contributed by atoms with Crippen LogP contribution >= 0.6 is 0 Å². The zero-order valence-electron chi connectivity index (χ0n) is 12.6. The van der Waals surface area contributed by atoms with Gasteiger partial charge in [0.25, 0.3) is 0 Å². The monoisotopic (exact) mass is 312 g/mol. The van der Waals surface area contributed by atoms with Crippen molar-refractivity contribution in [3.63, 3.8) is 0 Å². The molecule has 118 valence electrons. The van der Waals surface area contributed by atoms with Crippen LogP contribution in [0.2, 0.25) is 0 Å². The summed E-state index contributed by atoms with van der Waals surface area (Å²) in [6, 6.07) is 16.1. The molecule has 0 spiro atoms. The van der Waals surface area contributed by atoms with Crippen molar-refractivity contribution in [3.8, 4) is 5.75 Å². The Hall–Kier alpha value is -3.08. The van der Waals surface area contributed by atoms with Gasteiger partial charge < -0.3 is 14.6 Å². The van der Waals surface area contributed by atoms with E-state index in [9.17, 15) is 14.7 Å². The number of benzene rings is 2. The lowest BCUT2D eigenvalue weighted by atomic mass is 10.1. The Morgan fingerprint density at radius 2 is 1.70 bits per heavy atom. The van der Waals surface area contributed by atoms with Crippen LogP contribution in [0.5, 0.6) is 5.75 Å². The number of aliphatic hydroxyl groups is 1. The lowest BCUT2D eigenvalue weighted by Gasteiger charge is -2.06. The molecular formula is C18H16O5. The zero-order valence-corrected chi connectivity index (χ0v) is 12.6. The molecule has 0 aliphatic heterocycles. The van der Waals surface area contributed by atoms with E-state index in [1.807, 2.05) is 30.3 Å². The van der Waals surface area contributed by atoms with Gasteiger partial charge in [0.2, 0.25) is 5.76 Å². The summed E-state index contributed by atoms with van der Waals surface area (Å²) < 4.78 is 9.93. The van der Waals surface area contributed by atoms with E-state index in [1.54, 1.807) is 24.3 Å². The fourth-order valence-corrected chi connectivity index (χ4v) is 1.83. The SMILES string of the molecule is COC(=O)C(O)=CC(=O)c1ccc(OCc2ccccc2)cc1. The first-order chi connectivity index (χ1) is 11.1. The molecule has 0 radical (unpaired) electrons. The predicted octanol–water partition coefficient (Wildman–Crippen LogP) is 3.06. The van der Waals surface area contributed by atoms with Crippen LogP contribution in [-0.4, -0.2) is 24.0 Å². The molecular weight excluding hydrogens is 296 g/mol. The van der Waals surface area contributed by atoms with Crippen molar-refractivity contribution in [1.82, 2.24) is 0 Å². The number of aliphatic hydroxyl groups excluding tert-OH is 1. The van der Waals surface area contributed by atoms with Gasteiger partial charge in [-0.3, -0.25) is 4.79 Å². The van der Waals surface area contributed by atoms with E-state index in [0.717, 1.165) is 18.7 Å². The molecule has 5 nitrogen and oxygen atoms in total. The van der Waals surface area contributed by atoms with Crippen LogP contribution in [-0.2, 0) is 16.1 Å². The van der Waals surface area contributed by atoms with Gasteiger partial charge in [0.1, 0.15) is 12.4 Å². The van der Waals surface area contributed by atoms with Crippen molar-refractivity contribution >= 4 is 11.8 Å². The highest BCUT2D eigenvalue weighted by atomic mass is 16.5. The molecule has 2 aromatic rings. The summed E-state index contributed by atoms with van der Waals surface area (Å²) in [7, 11) is 1.12. The highest BCUT2D eigenvalue weighted by molar-refractivity contribution is 6.07. The molecule has 0 heterocycles. The summed E-state index contributed by atoms with van der Waals surface area (Å²) in [5.74, 6) is -1.57. The third kappa shape index (κ3) is 4.71. The molecule has 2 rings (SSSR count). The fraction of sp³-hybridized carbons (Fsp3) is 0.111. The summed E-state index contributed by atoms with van der Waals surface area (Å²) in [5.41, 5.74) is 1.37. The minimum Gasteiger partial charge on any atom is -0.502 e. The second-order valence-corrected chi connectivity index (χ2v) is 4.68. The molecule has 0 saturated carbocycles. The third-order valence-corrected chi connectivity index (χ3v) is 3.05. The Morgan fingerprint density at radius 1 is 1.04 bits per heavy atom. The maximum atomic E-state index is 11.9. The van der Waals surface area contributed by atoms with E-state index in [1.165, 1.54) is 0 Å². The van der Waals surface area contributed by atoms with Gasteiger partial charge in [-0.05, 0) is 29.8 Å². The van der Waals surface area contributed by atoms with Crippen molar-refractivity contribution in [2.24, 2.45) is 0 Å². The number of esters is 1. The molecule has 0 aliphatic rings. The molecule has 1 N–H and O–H groups in total. The van der Waals surface area contributed by atoms with Crippen LogP contribution in [0.15, 0.2) is 66.4 Å². The highest BCUT2D eigenvalue weighted by Gasteiger charge is 2.11. The lowest BCUT2D eigenvalue weighted by molar-refractivity contribution is -0.139. The van der Waals surface area contributed by atoms with E-state index in [-0.39, 0.29) is 0 Å². The topological polar surface area (TPSA) is 72.8 Å². The number of hydrogen-bond acceptors (Lipinski definition) is 5. The van der Waals surface area contributed by atoms with Crippen LogP contribution in [0.3, 0.4) is 0 Å². The van der Waals surface area contributed by atoms with Crippen LogP contribution in [0, 0.1) is 0 Å². The van der Waals surface area contributed by atoms with Crippen molar-refractivity contribution in [2.75, 3.05) is 7.11 Å². The Balaban J connectivity index is 1.99. The number of ketones is 1. The summed E-state index contributed by atoms with van der Waals surface area (Å²) in [6.07, 6.45) is 0.825. The zero-order chi connectivity index (χ0) is 16.7. The van der Waals surface area contributed by atoms with E-state index in [0.29, 0.717) is 17.9 Å². The van der Waals surface area contributed by atoms with Crippen molar-refractivity contribution < 1.29 is 24.2 Å². The first kappa shape index (κ1) is 16.3. The number of carbonyl (C=O) groups excluding carboxylic acids is 2. The minimum atomic E-state index is -0.957. The van der Waals surface area contributed by atoms with Crippen LogP contribution in [0.25, 0.3) is 0 Å². The molecule has 0 bridgehead atoms. The Kier molecular flexibility index (Phi) is 5.52. The molecule has 0 atom stereocenters. The number of rotatable bonds is 6. The number of allylic oxidation sites excluding steroid dienone is 1. The first-order valence-corrected chi connectivity index (χ1v) is 6.90. The van der Waals surface area contributed by atoms with Gasteiger partial charge in [0.15, 0.2) is 5.78 Å². The second kappa shape index (κ2) is 7.79. The Bertz CT molecular complexity index is 702. The Labute approximate surface area is 133 Å². The fourth-order valence-electron chi connectivity index (χ4n) is 1.83. The van der Waals surface area contributed by atoms with Gasteiger partial charge in [-0.15, -0.1) is 0 Å². The molecule has 23 heavy (non-hydrogen) atoms. The van der Waals surface area contributed by atoms with E-state index < -0.39 is 17.5 Å². The Morgan fingerprint density at radius 3 is 2.30 bits per heavy atom. The van der Waals surface area contributed by atoms with Gasteiger partial charge in [0.05, 0.1) is 7.11 Å². The number of hydrogen-bond donors (Lipinski definition) is 1. The molecule has 0 aromatic heterocycles. The standard InChI is InChI=1S/C18H16O5/c1-22-18(21)17(20)11-16(19)14-7-9-15(10-8-14)23-12-13-5-3-2-4-6-13/h2-11,20H,12H2,1H3. The average molecular weight is 312 g/mol. The van der Waals surface area contributed by atoms with E-state index in [4.69, 9.17) is 4.74 Å². The number of ether oxygens (including phenoxy) is 2. The molecule has 0 unspecified atom stereocenters. The molecule has 0 aliphatic carbocycles. The van der Waals surface area contributed by atoms with Gasteiger partial charge in [0, 0.05) is 11.6 Å². The average Bonchev–Trinajstić information content (AvgIpc) is 2.60. The van der Waals surface area contributed by atoms with Crippen molar-refractivity contribution in [1.29, 1.82) is 0 Å². The third-order valence-electron chi connectivity index (χ3n) is 3.05. The summed E-state index contributed by atoms with van der Waals surface area (Å²) in [4.78, 5) is 22.9. The maximum absolute atomic E-state index is 11.9. The van der Waals surface area contributed by atoms with Crippen molar-refractivity contribution in [3.05, 3.63) is 77.6 Å². The molecule has 0 fully saturated rings. The molecule has 0 amide bonds. The van der Waals surface area contributed by atoms with Gasteiger partial charge in [-0.2, -0.15) is 0 Å². The normalized spacial score (nSPS) is 10.9. The highest BCUT2D eigenvalue weighted by Crippen LogP contribution is 2.15. The molecule has 0 saturated heterocycles. The van der Waals surface area contributed by atoms with Crippen LogP contribution in [0.4, 0.5) is 0 Å². The summed E-state index contributed by atoms with van der Waals surface area (Å²) >= 11 is 0. The van der Waals surface area contributed by atoms with Gasteiger partial charge in [-0.25, -0.2) is 4.79 Å². The van der Waals surface area contributed by atoms with Crippen LogP contribution in [0.1, 0.15) is 15.9 Å². The molecule has 2 aromatic carbocycles. The minimum absolute atomic E-state index is 0.326. The largest absolute Gasteiger partial charge is 0.502 e. The van der Waals surface area contributed by atoms with Crippen LogP contribution < -0.4 is 4.74 Å². The molecule has 5 heteroatoms. The maximum Gasteiger partial charge on any atom is 0.373 e.